The summed E-state index contributed by atoms with van der Waals surface area (Å²) in [6, 6.07) is 17.4. The van der Waals surface area contributed by atoms with Crippen molar-refractivity contribution in [3.05, 3.63) is 70.7 Å². The van der Waals surface area contributed by atoms with Crippen molar-refractivity contribution in [2.45, 2.75) is 18.6 Å². The van der Waals surface area contributed by atoms with E-state index in [4.69, 9.17) is 11.6 Å². The van der Waals surface area contributed by atoms with Crippen molar-refractivity contribution in [2.24, 2.45) is 10.2 Å². The summed E-state index contributed by atoms with van der Waals surface area (Å²) < 4.78 is 0. The number of hydrogen-bond donors (Lipinski definition) is 1. The van der Waals surface area contributed by atoms with E-state index in [0.29, 0.717) is 16.6 Å². The molecule has 0 saturated carbocycles. The van der Waals surface area contributed by atoms with E-state index in [0.717, 1.165) is 16.8 Å². The van der Waals surface area contributed by atoms with Gasteiger partial charge in [-0.05, 0) is 36.6 Å². The summed E-state index contributed by atoms with van der Waals surface area (Å²) in [4.78, 5) is 12.1. The molecule has 2 aromatic carbocycles. The molecule has 1 atom stereocenters. The molecule has 24 heavy (non-hydrogen) atoms. The van der Waals surface area contributed by atoms with Gasteiger partial charge in [0.2, 0.25) is 5.91 Å². The Bertz CT molecular complexity index is 788. The van der Waals surface area contributed by atoms with Gasteiger partial charge >= 0.3 is 0 Å². The zero-order chi connectivity index (χ0) is 16.9. The van der Waals surface area contributed by atoms with Crippen LogP contribution >= 0.6 is 23.4 Å². The molecule has 0 radical (unpaired) electrons. The van der Waals surface area contributed by atoms with Crippen LogP contribution in [0.25, 0.3) is 0 Å². The molecule has 122 valence electrons. The van der Waals surface area contributed by atoms with E-state index in [2.05, 4.69) is 15.5 Å². The first-order chi connectivity index (χ1) is 11.6. The molecular weight excluding hydrogens is 342 g/mol. The lowest BCUT2D eigenvalue weighted by Crippen LogP contribution is -2.25. The van der Waals surface area contributed by atoms with Crippen LogP contribution in [0.3, 0.4) is 0 Å². The Balaban J connectivity index is 1.67. The molecule has 0 unspecified atom stereocenters. The minimum atomic E-state index is -0.169. The van der Waals surface area contributed by atoms with E-state index in [1.54, 1.807) is 0 Å². The third-order valence-electron chi connectivity index (χ3n) is 3.59. The van der Waals surface area contributed by atoms with Gasteiger partial charge in [0.1, 0.15) is 0 Å². The monoisotopic (exact) mass is 357 g/mol. The number of amidine groups is 1. The van der Waals surface area contributed by atoms with Gasteiger partial charge in [-0.25, -0.2) is 0 Å². The van der Waals surface area contributed by atoms with Crippen LogP contribution in [-0.2, 0) is 11.2 Å². The van der Waals surface area contributed by atoms with Crippen LogP contribution in [-0.4, -0.2) is 22.0 Å². The van der Waals surface area contributed by atoms with Gasteiger partial charge in [0.25, 0.3) is 0 Å². The van der Waals surface area contributed by atoms with Gasteiger partial charge < -0.3 is 5.32 Å². The molecule has 0 spiro atoms. The highest BCUT2D eigenvalue weighted by atomic mass is 35.5. The summed E-state index contributed by atoms with van der Waals surface area (Å²) in [6.07, 6.45) is 0.677. The lowest BCUT2D eigenvalue weighted by Gasteiger charge is -2.04. The zero-order valence-electron chi connectivity index (χ0n) is 13.1. The minimum Gasteiger partial charge on any atom is -0.303 e. The summed E-state index contributed by atoms with van der Waals surface area (Å²) in [5, 5.41) is 12.2. The third-order valence-corrected chi connectivity index (χ3v) is 4.92. The summed E-state index contributed by atoms with van der Waals surface area (Å²) in [7, 11) is 0. The number of nitrogens with zero attached hydrogens (tertiary/aromatic N) is 2. The minimum absolute atomic E-state index is 0.0260. The predicted octanol–water partition coefficient (Wildman–Crippen LogP) is 3.89. The molecule has 3 rings (SSSR count). The van der Waals surface area contributed by atoms with Gasteiger partial charge in [0.05, 0.1) is 11.0 Å². The fourth-order valence-corrected chi connectivity index (χ4v) is 3.37. The Hall–Kier alpha value is -2.11. The first-order valence-corrected chi connectivity index (χ1v) is 8.77. The number of carbonyl (C=O) groups excluding carboxylic acids is 1. The van der Waals surface area contributed by atoms with Crippen molar-refractivity contribution < 1.29 is 4.79 Å². The van der Waals surface area contributed by atoms with Crippen molar-refractivity contribution in [1.82, 2.24) is 5.32 Å². The van der Waals surface area contributed by atoms with Crippen molar-refractivity contribution in [3.8, 4) is 0 Å². The van der Waals surface area contributed by atoms with E-state index in [1.807, 2.05) is 61.5 Å². The van der Waals surface area contributed by atoms with Crippen molar-refractivity contribution >= 4 is 40.1 Å². The van der Waals surface area contributed by atoms with Crippen LogP contribution in [0, 0.1) is 0 Å². The average Bonchev–Trinajstić information content (AvgIpc) is 2.94. The topological polar surface area (TPSA) is 53.8 Å². The predicted molar refractivity (Wildman–Crippen MR) is 101 cm³/mol. The quantitative estimate of drug-likeness (QED) is 0.666. The van der Waals surface area contributed by atoms with Gasteiger partial charge in [-0.1, -0.05) is 65.8 Å². The molecule has 1 aliphatic rings. The summed E-state index contributed by atoms with van der Waals surface area (Å²) in [5.74, 6) is -0.0260. The third kappa shape index (κ3) is 4.24. The van der Waals surface area contributed by atoms with E-state index in [9.17, 15) is 4.79 Å². The van der Waals surface area contributed by atoms with E-state index < -0.39 is 0 Å². The van der Waals surface area contributed by atoms with Gasteiger partial charge in [-0.15, -0.1) is 5.10 Å². The fourth-order valence-electron chi connectivity index (χ4n) is 2.28. The Kier molecular flexibility index (Phi) is 5.33. The number of thioether (sulfide) groups is 1. The Morgan fingerprint density at radius 3 is 2.58 bits per heavy atom. The molecule has 0 bridgehead atoms. The highest BCUT2D eigenvalue weighted by Crippen LogP contribution is 2.23. The highest BCUT2D eigenvalue weighted by molar-refractivity contribution is 8.15. The molecule has 0 aromatic heterocycles. The molecule has 1 fully saturated rings. The number of carbonyl (C=O) groups is 1. The van der Waals surface area contributed by atoms with Crippen LogP contribution < -0.4 is 5.32 Å². The number of hydrogen-bond acceptors (Lipinski definition) is 4. The van der Waals surface area contributed by atoms with Crippen molar-refractivity contribution in [3.63, 3.8) is 0 Å². The van der Waals surface area contributed by atoms with Crippen LogP contribution in [0.15, 0.2) is 64.8 Å². The van der Waals surface area contributed by atoms with Gasteiger partial charge in [0.15, 0.2) is 5.17 Å². The molecule has 0 aliphatic carbocycles. The van der Waals surface area contributed by atoms with Crippen molar-refractivity contribution in [1.29, 1.82) is 0 Å². The highest BCUT2D eigenvalue weighted by Gasteiger charge is 2.30. The molecule has 1 saturated heterocycles. The number of rotatable bonds is 4. The van der Waals surface area contributed by atoms with Gasteiger partial charge in [-0.3, -0.25) is 4.79 Å². The van der Waals surface area contributed by atoms with Crippen LogP contribution in [0.2, 0.25) is 5.02 Å². The maximum atomic E-state index is 12.1. The fraction of sp³-hybridized carbons (Fsp3) is 0.167. The summed E-state index contributed by atoms with van der Waals surface area (Å²) in [5.41, 5.74) is 2.84. The van der Waals surface area contributed by atoms with Crippen LogP contribution in [0.4, 0.5) is 0 Å². The molecule has 1 heterocycles. The number of benzene rings is 2. The lowest BCUT2D eigenvalue weighted by atomic mass is 10.1. The first-order valence-electron chi connectivity index (χ1n) is 7.51. The second-order valence-corrected chi connectivity index (χ2v) is 7.01. The standard InChI is InChI=1S/C18H16ClN3OS/c1-12(14-7-9-15(19)10-8-14)21-22-18-20-17(23)16(24-18)11-13-5-3-2-4-6-13/h2-10,16H,11H2,1H3,(H,20,22,23)/b21-12-/t16-/m1/s1. The lowest BCUT2D eigenvalue weighted by molar-refractivity contribution is -0.118. The molecule has 1 amide bonds. The number of nitrogens with one attached hydrogen (secondary N) is 1. The zero-order valence-corrected chi connectivity index (χ0v) is 14.6. The van der Waals surface area contributed by atoms with Gasteiger partial charge in [0, 0.05) is 5.02 Å². The molecule has 2 aromatic rings. The van der Waals surface area contributed by atoms with E-state index >= 15 is 0 Å². The Labute approximate surface area is 150 Å². The molecular formula is C18H16ClN3OS. The second kappa shape index (κ2) is 7.64. The maximum Gasteiger partial charge on any atom is 0.239 e. The molecule has 6 heteroatoms. The Morgan fingerprint density at radius 2 is 1.88 bits per heavy atom. The number of halogens is 1. The largest absolute Gasteiger partial charge is 0.303 e. The summed E-state index contributed by atoms with van der Waals surface area (Å²) in [6.45, 7) is 1.87. The van der Waals surface area contributed by atoms with E-state index in [1.165, 1.54) is 11.8 Å². The molecule has 1 N–H and O–H groups in total. The Morgan fingerprint density at radius 1 is 1.17 bits per heavy atom. The normalized spacial score (nSPS) is 19.6. The van der Waals surface area contributed by atoms with Gasteiger partial charge in [-0.2, -0.15) is 5.10 Å². The van der Waals surface area contributed by atoms with Crippen LogP contribution in [0.5, 0.6) is 0 Å². The first kappa shape index (κ1) is 16.7. The SMILES string of the molecule is C/C(=N/N=C1/NC(=O)[C@@H](Cc2ccccc2)S1)c1ccc(Cl)cc1. The maximum absolute atomic E-state index is 12.1. The summed E-state index contributed by atoms with van der Waals surface area (Å²) >= 11 is 7.29. The smallest absolute Gasteiger partial charge is 0.239 e. The number of amides is 1. The van der Waals surface area contributed by atoms with Crippen LogP contribution in [0.1, 0.15) is 18.1 Å². The molecule has 1 aliphatic heterocycles. The average molecular weight is 358 g/mol. The molecule has 4 nitrogen and oxygen atoms in total. The second-order valence-electron chi connectivity index (χ2n) is 5.38. The van der Waals surface area contributed by atoms with E-state index in [-0.39, 0.29) is 11.2 Å². The van der Waals surface area contributed by atoms with Crippen molar-refractivity contribution in [2.75, 3.05) is 0 Å².